The van der Waals surface area contributed by atoms with E-state index in [2.05, 4.69) is 25.2 Å². The summed E-state index contributed by atoms with van der Waals surface area (Å²) >= 11 is 0. The van der Waals surface area contributed by atoms with Crippen molar-refractivity contribution >= 4 is 11.9 Å². The van der Waals surface area contributed by atoms with E-state index in [1.54, 1.807) is 0 Å². The number of carbonyl (C=O) groups excluding carboxylic acids is 2. The van der Waals surface area contributed by atoms with Crippen LogP contribution in [0.3, 0.4) is 0 Å². The molecule has 6 nitrogen and oxygen atoms in total. The molecule has 3 amide bonds. The Balaban J connectivity index is 1.46. The van der Waals surface area contributed by atoms with Gasteiger partial charge in [-0.05, 0) is 42.9 Å². The zero-order valence-corrected chi connectivity index (χ0v) is 15.7. The maximum atomic E-state index is 12.4. The Kier molecular flexibility index (Phi) is 6.01. The molecule has 2 aliphatic rings. The lowest BCUT2D eigenvalue weighted by Crippen LogP contribution is -2.55. The number of nitrogens with one attached hydrogen (secondary N) is 1. The second kappa shape index (κ2) is 8.43. The first-order chi connectivity index (χ1) is 12.5. The number of carbonyl (C=O) groups is 2. The van der Waals surface area contributed by atoms with Gasteiger partial charge in [0.1, 0.15) is 5.75 Å². The molecule has 142 valence electrons. The standard InChI is InChI=1S/C20H29N3O3/c1-15(2)16-5-3-6-18(13-16)26-14-19(24)22-11-7-17(8-12-22)23-10-4-9-21-20(23)25/h3,5-6,13,15,17H,4,7-12,14H2,1-2H3,(H,21,25). The number of hydrogen-bond donors (Lipinski definition) is 1. The van der Waals surface area contributed by atoms with Gasteiger partial charge in [0.05, 0.1) is 0 Å². The zero-order valence-electron chi connectivity index (χ0n) is 15.7. The molecule has 26 heavy (non-hydrogen) atoms. The maximum Gasteiger partial charge on any atom is 0.317 e. The number of urea groups is 1. The van der Waals surface area contributed by atoms with Crippen LogP contribution in [0.15, 0.2) is 24.3 Å². The van der Waals surface area contributed by atoms with Gasteiger partial charge in [0.25, 0.3) is 5.91 Å². The fraction of sp³-hybridized carbons (Fsp3) is 0.600. The molecule has 0 aliphatic carbocycles. The second-order valence-electron chi connectivity index (χ2n) is 7.41. The highest BCUT2D eigenvalue weighted by atomic mass is 16.5. The molecule has 1 aromatic rings. The molecule has 2 saturated heterocycles. The fourth-order valence-electron chi connectivity index (χ4n) is 3.62. The van der Waals surface area contributed by atoms with Crippen LogP contribution in [-0.4, -0.2) is 60.6 Å². The molecule has 3 rings (SSSR count). The first kappa shape index (κ1) is 18.5. The molecule has 2 heterocycles. The molecule has 0 radical (unpaired) electrons. The van der Waals surface area contributed by atoms with E-state index in [4.69, 9.17) is 4.74 Å². The molecule has 0 bridgehead atoms. The van der Waals surface area contributed by atoms with E-state index in [-0.39, 0.29) is 24.6 Å². The van der Waals surface area contributed by atoms with Gasteiger partial charge in [0.2, 0.25) is 0 Å². The van der Waals surface area contributed by atoms with Gasteiger partial charge in [-0.1, -0.05) is 26.0 Å². The Morgan fingerprint density at radius 1 is 1.27 bits per heavy atom. The summed E-state index contributed by atoms with van der Waals surface area (Å²) in [5.74, 6) is 1.19. The molecule has 1 N–H and O–H groups in total. The highest BCUT2D eigenvalue weighted by Crippen LogP contribution is 2.21. The lowest BCUT2D eigenvalue weighted by Gasteiger charge is -2.40. The quantitative estimate of drug-likeness (QED) is 0.879. The topological polar surface area (TPSA) is 61.9 Å². The molecule has 0 saturated carbocycles. The van der Waals surface area contributed by atoms with E-state index >= 15 is 0 Å². The lowest BCUT2D eigenvalue weighted by atomic mass is 10.0. The van der Waals surface area contributed by atoms with Crippen molar-refractivity contribution in [2.24, 2.45) is 0 Å². The third-order valence-corrected chi connectivity index (χ3v) is 5.26. The van der Waals surface area contributed by atoms with Crippen LogP contribution in [0.2, 0.25) is 0 Å². The van der Waals surface area contributed by atoms with Crippen LogP contribution in [0, 0.1) is 0 Å². The fourth-order valence-corrected chi connectivity index (χ4v) is 3.62. The summed E-state index contributed by atoms with van der Waals surface area (Å²) in [6, 6.07) is 8.20. The van der Waals surface area contributed by atoms with Crippen LogP contribution in [-0.2, 0) is 4.79 Å². The Morgan fingerprint density at radius 2 is 2.04 bits per heavy atom. The van der Waals surface area contributed by atoms with E-state index in [0.717, 1.165) is 38.1 Å². The predicted octanol–water partition coefficient (Wildman–Crippen LogP) is 2.60. The molecule has 6 heteroatoms. The summed E-state index contributed by atoms with van der Waals surface area (Å²) in [6.07, 6.45) is 2.66. The van der Waals surface area contributed by atoms with E-state index in [9.17, 15) is 9.59 Å². The van der Waals surface area contributed by atoms with E-state index in [0.29, 0.717) is 19.0 Å². The number of ether oxygens (including phenoxy) is 1. The normalized spacial score (nSPS) is 18.8. The largest absolute Gasteiger partial charge is 0.484 e. The molecule has 2 aliphatic heterocycles. The van der Waals surface area contributed by atoms with Crippen molar-refractivity contribution in [3.05, 3.63) is 29.8 Å². The average molecular weight is 359 g/mol. The van der Waals surface area contributed by atoms with Gasteiger partial charge in [-0.25, -0.2) is 4.79 Å². The zero-order chi connectivity index (χ0) is 18.5. The molecule has 0 spiro atoms. The number of likely N-dealkylation sites (tertiary alicyclic amines) is 1. The van der Waals surface area contributed by atoms with Gasteiger partial charge in [-0.2, -0.15) is 0 Å². The second-order valence-corrected chi connectivity index (χ2v) is 7.41. The molecule has 2 fully saturated rings. The number of hydrogen-bond acceptors (Lipinski definition) is 3. The number of rotatable bonds is 5. The minimum Gasteiger partial charge on any atom is -0.484 e. The van der Waals surface area contributed by atoms with Crippen LogP contribution in [0.5, 0.6) is 5.75 Å². The number of nitrogens with zero attached hydrogens (tertiary/aromatic N) is 2. The predicted molar refractivity (Wildman–Crippen MR) is 100 cm³/mol. The number of piperidine rings is 1. The molecule has 0 atom stereocenters. The van der Waals surface area contributed by atoms with Crippen molar-refractivity contribution in [3.8, 4) is 5.75 Å². The molecular formula is C20H29N3O3. The first-order valence-electron chi connectivity index (χ1n) is 9.59. The summed E-state index contributed by atoms with van der Waals surface area (Å²) in [5, 5.41) is 2.90. The Bertz CT molecular complexity index is 639. The van der Waals surface area contributed by atoms with Gasteiger partial charge in [0, 0.05) is 32.2 Å². The van der Waals surface area contributed by atoms with Crippen molar-refractivity contribution in [1.82, 2.24) is 15.1 Å². The Labute approximate surface area is 155 Å². The molecular weight excluding hydrogens is 330 g/mol. The summed E-state index contributed by atoms with van der Waals surface area (Å²) in [6.45, 7) is 7.29. The van der Waals surface area contributed by atoms with Crippen LogP contribution >= 0.6 is 0 Å². The van der Waals surface area contributed by atoms with Gasteiger partial charge in [0.15, 0.2) is 6.61 Å². The summed E-state index contributed by atoms with van der Waals surface area (Å²) in [4.78, 5) is 28.2. The lowest BCUT2D eigenvalue weighted by molar-refractivity contribution is -0.134. The van der Waals surface area contributed by atoms with Gasteiger partial charge in [-0.15, -0.1) is 0 Å². The SMILES string of the molecule is CC(C)c1cccc(OCC(=O)N2CCC(N3CCCNC3=O)CC2)c1. The maximum absolute atomic E-state index is 12.4. The third-order valence-electron chi connectivity index (χ3n) is 5.26. The summed E-state index contributed by atoms with van der Waals surface area (Å²) in [7, 11) is 0. The van der Waals surface area contributed by atoms with Crippen LogP contribution < -0.4 is 10.1 Å². The highest BCUT2D eigenvalue weighted by Gasteiger charge is 2.30. The summed E-state index contributed by atoms with van der Waals surface area (Å²) in [5.41, 5.74) is 1.20. The van der Waals surface area contributed by atoms with Gasteiger partial charge >= 0.3 is 6.03 Å². The van der Waals surface area contributed by atoms with Crippen molar-refractivity contribution in [2.45, 2.75) is 45.1 Å². The van der Waals surface area contributed by atoms with Gasteiger partial charge < -0.3 is 19.9 Å². The van der Waals surface area contributed by atoms with Crippen molar-refractivity contribution in [3.63, 3.8) is 0 Å². The number of benzene rings is 1. The van der Waals surface area contributed by atoms with Gasteiger partial charge in [-0.3, -0.25) is 4.79 Å². The molecule has 0 aromatic heterocycles. The first-order valence-corrected chi connectivity index (χ1v) is 9.59. The van der Waals surface area contributed by atoms with Crippen LogP contribution in [0.4, 0.5) is 4.79 Å². The van der Waals surface area contributed by atoms with Crippen molar-refractivity contribution < 1.29 is 14.3 Å². The average Bonchev–Trinajstić information content (AvgIpc) is 2.67. The van der Waals surface area contributed by atoms with E-state index in [1.807, 2.05) is 28.0 Å². The minimum absolute atomic E-state index is 0.0153. The van der Waals surface area contributed by atoms with Crippen LogP contribution in [0.25, 0.3) is 0 Å². The number of amides is 3. The van der Waals surface area contributed by atoms with Crippen molar-refractivity contribution in [1.29, 1.82) is 0 Å². The van der Waals surface area contributed by atoms with E-state index in [1.165, 1.54) is 5.56 Å². The highest BCUT2D eigenvalue weighted by molar-refractivity contribution is 5.78. The monoisotopic (exact) mass is 359 g/mol. The van der Waals surface area contributed by atoms with Crippen molar-refractivity contribution in [2.75, 3.05) is 32.8 Å². The Morgan fingerprint density at radius 3 is 2.73 bits per heavy atom. The van der Waals surface area contributed by atoms with Crippen LogP contribution in [0.1, 0.15) is 44.6 Å². The Hall–Kier alpha value is -2.24. The minimum atomic E-state index is 0.0153. The summed E-state index contributed by atoms with van der Waals surface area (Å²) < 4.78 is 5.71. The smallest absolute Gasteiger partial charge is 0.317 e. The molecule has 0 unspecified atom stereocenters. The molecule has 1 aromatic carbocycles. The third kappa shape index (κ3) is 4.48. The van der Waals surface area contributed by atoms with E-state index < -0.39 is 0 Å².